The van der Waals surface area contributed by atoms with Crippen molar-refractivity contribution in [3.63, 3.8) is 0 Å². The number of phosphoric acid groups is 2. The molecule has 0 heterocycles. The Morgan fingerprint density at radius 3 is 0.915 bits per heavy atom. The fraction of sp³-hybridized carbons (Fsp3) is 0.787. The van der Waals surface area contributed by atoms with E-state index in [9.17, 15) is 43.2 Å². The van der Waals surface area contributed by atoms with E-state index >= 15 is 0 Å². The molecule has 0 aromatic heterocycles. The number of allylic oxidation sites excluding steroid dienone is 12. The van der Waals surface area contributed by atoms with E-state index in [1.54, 1.807) is 0 Å². The Morgan fingerprint density at radius 2 is 0.574 bits per heavy atom. The van der Waals surface area contributed by atoms with Crippen molar-refractivity contribution in [3.05, 3.63) is 72.9 Å². The van der Waals surface area contributed by atoms with Crippen molar-refractivity contribution in [3.8, 4) is 0 Å². The van der Waals surface area contributed by atoms with Crippen LogP contribution < -0.4 is 0 Å². The molecule has 0 rings (SSSR count). The van der Waals surface area contributed by atoms with E-state index < -0.39 is 97.5 Å². The summed E-state index contributed by atoms with van der Waals surface area (Å²) in [5.41, 5.74) is 0. The van der Waals surface area contributed by atoms with Crippen LogP contribution in [0.15, 0.2) is 72.9 Å². The van der Waals surface area contributed by atoms with Gasteiger partial charge in [0.05, 0.1) is 26.4 Å². The van der Waals surface area contributed by atoms with E-state index in [0.29, 0.717) is 25.7 Å². The van der Waals surface area contributed by atoms with Gasteiger partial charge in [-0.25, -0.2) is 9.13 Å². The smallest absolute Gasteiger partial charge is 0.462 e. The monoisotopic (exact) mass is 1370 g/mol. The number of ether oxygens (including phenoxy) is 4. The summed E-state index contributed by atoms with van der Waals surface area (Å²) >= 11 is 0. The summed E-state index contributed by atoms with van der Waals surface area (Å²) < 4.78 is 68.3. The van der Waals surface area contributed by atoms with Gasteiger partial charge in [0.25, 0.3) is 0 Å². The van der Waals surface area contributed by atoms with E-state index in [1.807, 2.05) is 0 Å². The molecule has 0 radical (unpaired) electrons. The van der Waals surface area contributed by atoms with Gasteiger partial charge in [-0.2, -0.15) is 0 Å². The zero-order valence-corrected chi connectivity index (χ0v) is 61.2. The first-order valence-corrected chi connectivity index (χ1v) is 40.2. The largest absolute Gasteiger partial charge is 0.472 e. The molecule has 0 spiro atoms. The minimum absolute atomic E-state index is 0.0784. The average Bonchev–Trinajstić information content (AvgIpc) is 2.15. The number of phosphoric ester groups is 2. The van der Waals surface area contributed by atoms with Gasteiger partial charge in [-0.05, 0) is 109 Å². The Kier molecular flexibility index (Phi) is 65.5. The minimum atomic E-state index is -4.97. The lowest BCUT2D eigenvalue weighted by Crippen LogP contribution is -2.30. The maximum Gasteiger partial charge on any atom is 0.472 e. The van der Waals surface area contributed by atoms with Gasteiger partial charge in [-0.15, -0.1) is 0 Å². The van der Waals surface area contributed by atoms with Crippen LogP contribution in [0.5, 0.6) is 0 Å². The van der Waals surface area contributed by atoms with Gasteiger partial charge in [0.2, 0.25) is 0 Å². The van der Waals surface area contributed by atoms with Crippen molar-refractivity contribution in [1.82, 2.24) is 0 Å². The Morgan fingerprint density at radius 1 is 0.309 bits per heavy atom. The lowest BCUT2D eigenvalue weighted by Gasteiger charge is -2.21. The third-order valence-electron chi connectivity index (χ3n) is 15.6. The Balaban J connectivity index is 5.31. The molecule has 546 valence electrons. The molecule has 0 aliphatic carbocycles. The fourth-order valence-electron chi connectivity index (χ4n) is 9.97. The number of rotatable bonds is 70. The van der Waals surface area contributed by atoms with Crippen molar-refractivity contribution in [2.24, 2.45) is 0 Å². The first kappa shape index (κ1) is 90.5. The summed E-state index contributed by atoms with van der Waals surface area (Å²) in [7, 11) is -9.94. The molecule has 0 saturated carbocycles. The molecule has 3 N–H and O–H groups in total. The number of hydrogen-bond donors (Lipinski definition) is 3. The number of esters is 4. The summed E-state index contributed by atoms with van der Waals surface area (Å²) in [6.07, 6.45) is 66.1. The first-order valence-electron chi connectivity index (χ1n) is 37.2. The van der Waals surface area contributed by atoms with Crippen LogP contribution in [0.4, 0.5) is 0 Å². The number of aliphatic hydroxyl groups excluding tert-OH is 1. The summed E-state index contributed by atoms with van der Waals surface area (Å²) in [5.74, 6) is -2.19. The second-order valence-electron chi connectivity index (χ2n) is 24.9. The summed E-state index contributed by atoms with van der Waals surface area (Å²) in [4.78, 5) is 72.7. The van der Waals surface area contributed by atoms with Crippen LogP contribution in [-0.4, -0.2) is 96.7 Å². The highest BCUT2D eigenvalue weighted by Crippen LogP contribution is 2.45. The predicted molar refractivity (Wildman–Crippen MR) is 381 cm³/mol. The molecule has 0 aliphatic heterocycles. The number of aliphatic hydroxyl groups is 1. The summed E-state index contributed by atoms with van der Waals surface area (Å²) in [6.45, 7) is 4.67. The van der Waals surface area contributed by atoms with Crippen molar-refractivity contribution >= 4 is 39.5 Å². The van der Waals surface area contributed by atoms with Crippen LogP contribution in [0.3, 0.4) is 0 Å². The van der Waals surface area contributed by atoms with Gasteiger partial charge in [0, 0.05) is 25.7 Å². The van der Waals surface area contributed by atoms with Gasteiger partial charge in [0.1, 0.15) is 19.3 Å². The third-order valence-corrected chi connectivity index (χ3v) is 17.5. The predicted octanol–water partition coefficient (Wildman–Crippen LogP) is 20.9. The molecule has 0 fully saturated rings. The molecule has 0 bridgehead atoms. The molecule has 0 aromatic carbocycles. The molecule has 0 aliphatic rings. The number of carbonyl (C=O) groups is 4. The molecule has 17 nitrogen and oxygen atoms in total. The highest BCUT2D eigenvalue weighted by atomic mass is 31.2. The fourth-order valence-corrected chi connectivity index (χ4v) is 11.6. The van der Waals surface area contributed by atoms with Gasteiger partial charge in [-0.1, -0.05) is 261 Å². The van der Waals surface area contributed by atoms with Crippen molar-refractivity contribution < 1.29 is 80.2 Å². The van der Waals surface area contributed by atoms with Crippen LogP contribution in [0.2, 0.25) is 0 Å². The lowest BCUT2D eigenvalue weighted by molar-refractivity contribution is -0.161. The van der Waals surface area contributed by atoms with Gasteiger partial charge < -0.3 is 33.8 Å². The molecule has 0 saturated heterocycles. The Hall–Kier alpha value is -3.50. The van der Waals surface area contributed by atoms with Gasteiger partial charge in [-0.3, -0.25) is 37.3 Å². The zero-order chi connectivity index (χ0) is 69.0. The van der Waals surface area contributed by atoms with Gasteiger partial charge >= 0.3 is 39.5 Å². The number of carbonyl (C=O) groups excluding carboxylic acids is 4. The summed E-state index contributed by atoms with van der Waals surface area (Å²) in [5, 5.41) is 10.6. The number of unbranched alkanes of at least 4 members (excludes halogenated alkanes) is 32. The third kappa shape index (κ3) is 67.1. The maximum absolute atomic E-state index is 13.0. The van der Waals surface area contributed by atoms with Crippen LogP contribution >= 0.6 is 15.6 Å². The van der Waals surface area contributed by atoms with Gasteiger partial charge in [0.15, 0.2) is 12.2 Å². The minimum Gasteiger partial charge on any atom is -0.462 e. The molecule has 5 atom stereocenters. The molecular formula is C75H134O17P2. The van der Waals surface area contributed by atoms with Crippen molar-refractivity contribution in [2.45, 2.75) is 341 Å². The molecule has 19 heteroatoms. The Bertz CT molecular complexity index is 2070. The topological polar surface area (TPSA) is 237 Å². The van der Waals surface area contributed by atoms with Crippen molar-refractivity contribution in [1.29, 1.82) is 0 Å². The molecule has 0 amide bonds. The molecule has 0 aromatic rings. The normalized spacial score (nSPS) is 14.4. The average molecular weight is 1370 g/mol. The van der Waals surface area contributed by atoms with E-state index in [2.05, 4.69) is 101 Å². The van der Waals surface area contributed by atoms with E-state index in [1.165, 1.54) is 64.2 Å². The van der Waals surface area contributed by atoms with Crippen LogP contribution in [0.25, 0.3) is 0 Å². The quantitative estimate of drug-likeness (QED) is 0.0169. The standard InChI is InChI=1S/C75H134O17P2/c1-5-9-13-17-21-25-29-32-33-34-35-38-41-44-48-52-56-60-73(78)86-66-71(92-75(80)62-58-54-50-46-42-37-31-27-23-19-15-11-7-3)68-90-94(83,84)88-64-69(76)63-87-93(81,82)89-67-70(91-74(79)61-57-53-49-45-39-28-24-20-16-12-8-4)65-85-72(77)59-55-51-47-43-40-36-30-26-22-18-14-10-6-2/h9,13,15,19,21,25-27,30-33,69-71,76H,5-8,10-12,14,16-18,20,22-24,28-29,34-68H2,1-4H3,(H,81,82)(H,83,84)/b13-9-,19-15-,25-21-,30-26-,31-27-,33-32-. The van der Waals surface area contributed by atoms with Crippen LogP contribution in [0.1, 0.15) is 323 Å². The summed E-state index contributed by atoms with van der Waals surface area (Å²) in [6, 6.07) is 0. The molecule has 5 unspecified atom stereocenters. The first-order chi connectivity index (χ1) is 45.7. The van der Waals surface area contributed by atoms with E-state index in [-0.39, 0.29) is 25.7 Å². The van der Waals surface area contributed by atoms with Crippen LogP contribution in [-0.2, 0) is 65.4 Å². The maximum atomic E-state index is 13.0. The van der Waals surface area contributed by atoms with E-state index in [0.717, 1.165) is 180 Å². The molecular weight excluding hydrogens is 1230 g/mol. The number of hydrogen-bond acceptors (Lipinski definition) is 15. The molecule has 94 heavy (non-hydrogen) atoms. The highest BCUT2D eigenvalue weighted by Gasteiger charge is 2.30. The van der Waals surface area contributed by atoms with Crippen molar-refractivity contribution in [2.75, 3.05) is 39.6 Å². The second-order valence-corrected chi connectivity index (χ2v) is 27.8. The van der Waals surface area contributed by atoms with E-state index in [4.69, 9.17) is 37.0 Å². The Labute approximate surface area is 571 Å². The second kappa shape index (κ2) is 68.0. The zero-order valence-electron chi connectivity index (χ0n) is 59.4. The van der Waals surface area contributed by atoms with Crippen LogP contribution in [0, 0.1) is 0 Å². The highest BCUT2D eigenvalue weighted by molar-refractivity contribution is 7.47. The lowest BCUT2D eigenvalue weighted by atomic mass is 10.1. The SMILES string of the molecule is CC/C=C\C/C=C\C/C=C\CCCCCCCCCC(=O)OCC(COP(=O)(O)OCC(O)COP(=O)(O)OCC(COC(=O)CCCCCCC/C=C\CCCCCC)OC(=O)CCCCCCCCCCCCC)OC(=O)CCCCCCC/C=C\C/C=C\CCC.